The number of ether oxygens (including phenoxy) is 2. The summed E-state index contributed by atoms with van der Waals surface area (Å²) in [5.74, 6) is 1.46. The van der Waals surface area contributed by atoms with Crippen LogP contribution in [0, 0.1) is 5.82 Å². The summed E-state index contributed by atoms with van der Waals surface area (Å²) in [6.07, 6.45) is 0.501. The van der Waals surface area contributed by atoms with Gasteiger partial charge < -0.3 is 19.3 Å². The first-order valence-corrected chi connectivity index (χ1v) is 9.10. The molecule has 8 heteroatoms. The van der Waals surface area contributed by atoms with E-state index in [9.17, 15) is 9.18 Å². The van der Waals surface area contributed by atoms with Gasteiger partial charge in [-0.25, -0.2) is 4.39 Å². The number of rotatable bonds is 8. The Labute approximate surface area is 167 Å². The zero-order valence-corrected chi connectivity index (χ0v) is 16.4. The first kappa shape index (κ1) is 20.3. The highest BCUT2D eigenvalue weighted by molar-refractivity contribution is 5.76. The number of halogens is 1. The Morgan fingerprint density at radius 2 is 1.86 bits per heavy atom. The van der Waals surface area contributed by atoms with Crippen LogP contribution in [0.25, 0.3) is 11.4 Å². The third kappa shape index (κ3) is 5.10. The van der Waals surface area contributed by atoms with Crippen molar-refractivity contribution in [2.45, 2.75) is 25.8 Å². The Morgan fingerprint density at radius 1 is 1.14 bits per heavy atom. The van der Waals surface area contributed by atoms with Crippen LogP contribution in [0.3, 0.4) is 0 Å². The fraction of sp³-hybridized carbons (Fsp3) is 0.286. The van der Waals surface area contributed by atoms with Gasteiger partial charge in [0.2, 0.25) is 17.6 Å². The maximum atomic E-state index is 13.0. The topological polar surface area (TPSA) is 86.5 Å². The van der Waals surface area contributed by atoms with Crippen molar-refractivity contribution >= 4 is 5.91 Å². The Bertz CT molecular complexity index is 972. The maximum absolute atomic E-state index is 13.0. The summed E-state index contributed by atoms with van der Waals surface area (Å²) in [4.78, 5) is 16.5. The predicted molar refractivity (Wildman–Crippen MR) is 104 cm³/mol. The second kappa shape index (κ2) is 9.18. The molecule has 0 saturated carbocycles. The molecule has 1 N–H and O–H groups in total. The van der Waals surface area contributed by atoms with Crippen LogP contribution in [0.2, 0.25) is 0 Å². The standard InChI is InChI=1S/C21H22FN3O4/c1-13(14-4-7-16(22)8-5-14)23-19(26)10-11-20-24-21(25-29-20)15-6-9-17(27-2)18(12-15)28-3/h4-9,12-13H,10-11H2,1-3H3,(H,23,26)/t13-/m1/s1. The summed E-state index contributed by atoms with van der Waals surface area (Å²) in [6.45, 7) is 1.84. The number of nitrogens with one attached hydrogen (secondary N) is 1. The fourth-order valence-corrected chi connectivity index (χ4v) is 2.82. The van der Waals surface area contributed by atoms with Crippen molar-refractivity contribution in [2.75, 3.05) is 14.2 Å². The molecule has 0 aliphatic heterocycles. The molecule has 152 valence electrons. The van der Waals surface area contributed by atoms with Crippen molar-refractivity contribution in [3.05, 3.63) is 59.7 Å². The highest BCUT2D eigenvalue weighted by atomic mass is 19.1. The van der Waals surface area contributed by atoms with Crippen molar-refractivity contribution in [3.8, 4) is 22.9 Å². The fourth-order valence-electron chi connectivity index (χ4n) is 2.82. The average Bonchev–Trinajstić information content (AvgIpc) is 3.21. The minimum atomic E-state index is -0.311. The molecule has 1 heterocycles. The molecule has 0 spiro atoms. The summed E-state index contributed by atoms with van der Waals surface area (Å²) < 4.78 is 28.7. The molecule has 0 saturated heterocycles. The number of hydrogen-bond acceptors (Lipinski definition) is 6. The van der Waals surface area contributed by atoms with Gasteiger partial charge >= 0.3 is 0 Å². The second-order valence-electron chi connectivity index (χ2n) is 6.42. The Kier molecular flexibility index (Phi) is 6.43. The van der Waals surface area contributed by atoms with Gasteiger partial charge in [-0.3, -0.25) is 4.79 Å². The van der Waals surface area contributed by atoms with Crippen LogP contribution in [0.1, 0.15) is 30.8 Å². The third-order valence-corrected chi connectivity index (χ3v) is 4.42. The molecule has 1 aromatic heterocycles. The zero-order valence-electron chi connectivity index (χ0n) is 16.4. The Morgan fingerprint density at radius 3 is 2.55 bits per heavy atom. The summed E-state index contributed by atoms with van der Waals surface area (Å²) >= 11 is 0. The SMILES string of the molecule is COc1ccc(-c2noc(CCC(=O)N[C@H](C)c3ccc(F)cc3)n2)cc1OC. The normalized spacial score (nSPS) is 11.7. The molecule has 0 bridgehead atoms. The van der Waals surface area contributed by atoms with Crippen LogP contribution in [0.15, 0.2) is 47.0 Å². The molecule has 3 rings (SSSR count). The van der Waals surface area contributed by atoms with Gasteiger partial charge in [-0.2, -0.15) is 4.98 Å². The molecule has 2 aromatic carbocycles. The van der Waals surface area contributed by atoms with Crippen LogP contribution >= 0.6 is 0 Å². The summed E-state index contributed by atoms with van der Waals surface area (Å²) in [5, 5.41) is 6.83. The van der Waals surface area contributed by atoms with Gasteiger partial charge in [0.1, 0.15) is 5.82 Å². The summed E-state index contributed by atoms with van der Waals surface area (Å²) in [7, 11) is 3.11. The van der Waals surface area contributed by atoms with Crippen LogP contribution in [0.5, 0.6) is 11.5 Å². The first-order valence-electron chi connectivity index (χ1n) is 9.10. The van der Waals surface area contributed by atoms with Gasteiger partial charge in [0.05, 0.1) is 20.3 Å². The minimum absolute atomic E-state index is 0.160. The van der Waals surface area contributed by atoms with Crippen molar-refractivity contribution in [3.63, 3.8) is 0 Å². The van der Waals surface area contributed by atoms with Crippen LogP contribution < -0.4 is 14.8 Å². The van der Waals surface area contributed by atoms with E-state index in [1.54, 1.807) is 44.6 Å². The number of methoxy groups -OCH3 is 2. The van der Waals surface area contributed by atoms with Gasteiger partial charge in [0.25, 0.3) is 0 Å². The van der Waals surface area contributed by atoms with Gasteiger partial charge in [-0.15, -0.1) is 0 Å². The van der Waals surface area contributed by atoms with Crippen LogP contribution in [-0.4, -0.2) is 30.3 Å². The smallest absolute Gasteiger partial charge is 0.227 e. The molecule has 0 fully saturated rings. The molecule has 0 aliphatic carbocycles. The molecule has 1 amide bonds. The summed E-state index contributed by atoms with van der Waals surface area (Å²) in [6, 6.07) is 11.1. The lowest BCUT2D eigenvalue weighted by molar-refractivity contribution is -0.121. The summed E-state index contributed by atoms with van der Waals surface area (Å²) in [5.41, 5.74) is 1.54. The molecule has 7 nitrogen and oxygen atoms in total. The number of carbonyl (C=O) groups is 1. The van der Waals surface area contributed by atoms with E-state index in [2.05, 4.69) is 15.5 Å². The first-order chi connectivity index (χ1) is 14.0. The van der Waals surface area contributed by atoms with Gasteiger partial charge in [0.15, 0.2) is 11.5 Å². The van der Waals surface area contributed by atoms with E-state index >= 15 is 0 Å². The van der Waals surface area contributed by atoms with Crippen LogP contribution in [0.4, 0.5) is 4.39 Å². The van der Waals surface area contributed by atoms with Crippen molar-refractivity contribution < 1.29 is 23.2 Å². The number of benzene rings is 2. The van der Waals surface area contributed by atoms with Crippen molar-refractivity contribution in [1.82, 2.24) is 15.5 Å². The van der Waals surface area contributed by atoms with Gasteiger partial charge in [-0.05, 0) is 42.8 Å². The van der Waals surface area contributed by atoms with E-state index in [4.69, 9.17) is 14.0 Å². The number of aryl methyl sites for hydroxylation is 1. The van der Waals surface area contributed by atoms with E-state index in [1.165, 1.54) is 12.1 Å². The molecular weight excluding hydrogens is 377 g/mol. The lowest BCUT2D eigenvalue weighted by atomic mass is 10.1. The lowest BCUT2D eigenvalue weighted by Gasteiger charge is -2.13. The third-order valence-electron chi connectivity index (χ3n) is 4.42. The second-order valence-corrected chi connectivity index (χ2v) is 6.42. The quantitative estimate of drug-likeness (QED) is 0.622. The van der Waals surface area contributed by atoms with E-state index < -0.39 is 0 Å². The molecule has 0 unspecified atom stereocenters. The van der Waals surface area contributed by atoms with Crippen LogP contribution in [-0.2, 0) is 11.2 Å². The molecule has 29 heavy (non-hydrogen) atoms. The number of hydrogen-bond donors (Lipinski definition) is 1. The number of aromatic nitrogens is 2. The molecule has 3 aromatic rings. The average molecular weight is 399 g/mol. The molecular formula is C21H22FN3O4. The van der Waals surface area contributed by atoms with Crippen molar-refractivity contribution in [2.24, 2.45) is 0 Å². The van der Waals surface area contributed by atoms with E-state index in [-0.39, 0.29) is 24.2 Å². The number of amides is 1. The van der Waals surface area contributed by atoms with Gasteiger partial charge in [0, 0.05) is 18.4 Å². The zero-order chi connectivity index (χ0) is 20.8. The maximum Gasteiger partial charge on any atom is 0.227 e. The number of carbonyl (C=O) groups excluding carboxylic acids is 1. The van der Waals surface area contributed by atoms with Gasteiger partial charge in [-0.1, -0.05) is 17.3 Å². The highest BCUT2D eigenvalue weighted by Gasteiger charge is 2.14. The molecule has 0 aliphatic rings. The minimum Gasteiger partial charge on any atom is -0.493 e. The molecule has 0 radical (unpaired) electrons. The van der Waals surface area contributed by atoms with E-state index in [0.29, 0.717) is 35.2 Å². The Hall–Kier alpha value is -3.42. The van der Waals surface area contributed by atoms with E-state index in [1.807, 2.05) is 6.92 Å². The number of nitrogens with zero attached hydrogens (tertiary/aromatic N) is 2. The monoisotopic (exact) mass is 399 g/mol. The lowest BCUT2D eigenvalue weighted by Crippen LogP contribution is -2.26. The molecule has 1 atom stereocenters. The predicted octanol–water partition coefficient (Wildman–Crippen LogP) is 3.70. The van der Waals surface area contributed by atoms with E-state index in [0.717, 1.165) is 5.56 Å². The Balaban J connectivity index is 1.57. The largest absolute Gasteiger partial charge is 0.493 e. The highest BCUT2D eigenvalue weighted by Crippen LogP contribution is 2.31. The van der Waals surface area contributed by atoms with Crippen molar-refractivity contribution in [1.29, 1.82) is 0 Å².